The zero-order valence-electron chi connectivity index (χ0n) is 12.0. The molecule has 20 heavy (non-hydrogen) atoms. The van der Waals surface area contributed by atoms with Crippen molar-refractivity contribution in [1.82, 2.24) is 10.6 Å². The quantitative estimate of drug-likeness (QED) is 0.865. The van der Waals surface area contributed by atoms with Gasteiger partial charge in [0.2, 0.25) is 5.91 Å². The molecule has 1 aromatic rings. The van der Waals surface area contributed by atoms with Gasteiger partial charge in [-0.2, -0.15) is 0 Å². The highest BCUT2D eigenvalue weighted by molar-refractivity contribution is 5.77. The second-order valence-corrected chi connectivity index (χ2v) is 6.25. The van der Waals surface area contributed by atoms with Crippen molar-refractivity contribution in [2.24, 2.45) is 5.92 Å². The predicted molar refractivity (Wildman–Crippen MR) is 80.3 cm³/mol. The molecule has 1 aromatic carbocycles. The molecule has 2 fully saturated rings. The van der Waals surface area contributed by atoms with Crippen LogP contribution in [0.1, 0.15) is 44.1 Å². The number of benzene rings is 1. The van der Waals surface area contributed by atoms with Crippen LogP contribution in [0.2, 0.25) is 0 Å². The molecule has 3 heteroatoms. The molecule has 2 aliphatic rings. The summed E-state index contributed by atoms with van der Waals surface area (Å²) in [6.07, 6.45) is 6.27. The summed E-state index contributed by atoms with van der Waals surface area (Å²) in [6.45, 7) is 2.19. The molecule has 1 atom stereocenters. The molecule has 0 spiro atoms. The smallest absolute Gasteiger partial charge is 0.220 e. The van der Waals surface area contributed by atoms with Crippen molar-refractivity contribution in [1.29, 1.82) is 0 Å². The Morgan fingerprint density at radius 1 is 1.30 bits per heavy atom. The van der Waals surface area contributed by atoms with Crippen LogP contribution < -0.4 is 10.6 Å². The third-order valence-corrected chi connectivity index (χ3v) is 4.85. The van der Waals surface area contributed by atoms with Crippen LogP contribution in [0.25, 0.3) is 0 Å². The molecule has 3 rings (SSSR count). The molecule has 0 radical (unpaired) electrons. The number of nitrogens with one attached hydrogen (secondary N) is 2. The number of hydrogen-bond acceptors (Lipinski definition) is 2. The minimum atomic E-state index is -0.0771. The molecule has 0 bridgehead atoms. The van der Waals surface area contributed by atoms with Crippen LogP contribution in [0, 0.1) is 5.92 Å². The van der Waals surface area contributed by atoms with Gasteiger partial charge in [0.15, 0.2) is 0 Å². The number of carbonyl (C=O) groups excluding carboxylic acids is 1. The van der Waals surface area contributed by atoms with Crippen LogP contribution in [0.15, 0.2) is 30.3 Å². The van der Waals surface area contributed by atoms with Gasteiger partial charge in [0.05, 0.1) is 5.54 Å². The number of hydrogen-bond donors (Lipinski definition) is 2. The molecule has 1 amide bonds. The third-order valence-electron chi connectivity index (χ3n) is 4.85. The van der Waals surface area contributed by atoms with Crippen molar-refractivity contribution in [2.45, 2.75) is 44.1 Å². The fourth-order valence-electron chi connectivity index (χ4n) is 3.40. The van der Waals surface area contributed by atoms with Crippen LogP contribution in [0.5, 0.6) is 0 Å². The topological polar surface area (TPSA) is 41.1 Å². The van der Waals surface area contributed by atoms with Crippen molar-refractivity contribution < 1.29 is 4.79 Å². The van der Waals surface area contributed by atoms with Crippen LogP contribution in [-0.4, -0.2) is 19.0 Å². The SMILES string of the molecule is O=C(CCC1CCNC1)NC1(c2ccccc2)CCC1. The van der Waals surface area contributed by atoms with E-state index in [1.807, 2.05) is 6.07 Å². The zero-order valence-corrected chi connectivity index (χ0v) is 12.0. The van der Waals surface area contributed by atoms with E-state index in [9.17, 15) is 4.79 Å². The van der Waals surface area contributed by atoms with Crippen molar-refractivity contribution >= 4 is 5.91 Å². The Balaban J connectivity index is 1.56. The molecule has 1 aliphatic carbocycles. The number of carbonyl (C=O) groups is 1. The Bertz CT molecular complexity index is 447. The fraction of sp³-hybridized carbons (Fsp3) is 0.588. The van der Waals surface area contributed by atoms with Crippen LogP contribution in [0.3, 0.4) is 0 Å². The van der Waals surface area contributed by atoms with E-state index in [2.05, 4.69) is 34.9 Å². The van der Waals surface area contributed by atoms with Crippen LogP contribution >= 0.6 is 0 Å². The monoisotopic (exact) mass is 272 g/mol. The van der Waals surface area contributed by atoms with E-state index in [0.29, 0.717) is 12.3 Å². The normalized spacial score (nSPS) is 24.1. The summed E-state index contributed by atoms with van der Waals surface area (Å²) < 4.78 is 0. The van der Waals surface area contributed by atoms with Gasteiger partial charge in [-0.3, -0.25) is 4.79 Å². The van der Waals surface area contributed by atoms with E-state index in [1.54, 1.807) is 0 Å². The first-order valence-electron chi connectivity index (χ1n) is 7.86. The van der Waals surface area contributed by atoms with Crippen molar-refractivity contribution in [3.63, 3.8) is 0 Å². The molecule has 1 heterocycles. The molecule has 1 unspecified atom stereocenters. The summed E-state index contributed by atoms with van der Waals surface area (Å²) in [7, 11) is 0. The van der Waals surface area contributed by atoms with Gasteiger partial charge < -0.3 is 10.6 Å². The number of rotatable bonds is 5. The third kappa shape index (κ3) is 2.88. The maximum atomic E-state index is 12.2. The Morgan fingerprint density at radius 2 is 2.10 bits per heavy atom. The molecule has 3 nitrogen and oxygen atoms in total. The van der Waals surface area contributed by atoms with Crippen molar-refractivity contribution in [3.05, 3.63) is 35.9 Å². The lowest BCUT2D eigenvalue weighted by molar-refractivity contribution is -0.124. The highest BCUT2D eigenvalue weighted by Crippen LogP contribution is 2.41. The first-order valence-corrected chi connectivity index (χ1v) is 7.86. The molecule has 2 N–H and O–H groups in total. The molecule has 1 aliphatic heterocycles. The molecule has 1 saturated carbocycles. The van der Waals surface area contributed by atoms with Gasteiger partial charge in [0.25, 0.3) is 0 Å². The van der Waals surface area contributed by atoms with E-state index in [4.69, 9.17) is 0 Å². The first kappa shape index (κ1) is 13.6. The Kier molecular flexibility index (Phi) is 4.06. The van der Waals surface area contributed by atoms with Gasteiger partial charge in [-0.25, -0.2) is 0 Å². The highest BCUT2D eigenvalue weighted by atomic mass is 16.1. The lowest BCUT2D eigenvalue weighted by Gasteiger charge is -2.43. The van der Waals surface area contributed by atoms with Gasteiger partial charge in [-0.15, -0.1) is 0 Å². The standard InChI is InChI=1S/C17H24N2O/c20-16(8-7-14-9-12-18-13-14)19-17(10-4-11-17)15-5-2-1-3-6-15/h1-3,5-6,14,18H,4,7-13H2,(H,19,20). The second-order valence-electron chi connectivity index (χ2n) is 6.25. The molecule has 0 aromatic heterocycles. The average molecular weight is 272 g/mol. The molecular formula is C17H24N2O. The van der Waals surface area contributed by atoms with Gasteiger partial charge in [-0.05, 0) is 56.7 Å². The highest BCUT2D eigenvalue weighted by Gasteiger charge is 2.39. The Hall–Kier alpha value is -1.35. The number of amides is 1. The second kappa shape index (κ2) is 5.96. The zero-order chi connectivity index (χ0) is 13.8. The minimum absolute atomic E-state index is 0.0771. The van der Waals surface area contributed by atoms with E-state index >= 15 is 0 Å². The Morgan fingerprint density at radius 3 is 2.70 bits per heavy atom. The van der Waals surface area contributed by atoms with Crippen molar-refractivity contribution in [2.75, 3.05) is 13.1 Å². The van der Waals surface area contributed by atoms with Gasteiger partial charge in [0, 0.05) is 6.42 Å². The molecule has 108 valence electrons. The summed E-state index contributed by atoms with van der Waals surface area (Å²) >= 11 is 0. The van der Waals surface area contributed by atoms with Gasteiger partial charge >= 0.3 is 0 Å². The predicted octanol–water partition coefficient (Wildman–Crippen LogP) is 2.57. The first-order chi connectivity index (χ1) is 9.78. The average Bonchev–Trinajstić information content (AvgIpc) is 2.95. The maximum absolute atomic E-state index is 12.2. The summed E-state index contributed by atoms with van der Waals surface area (Å²) in [6, 6.07) is 10.4. The van der Waals surface area contributed by atoms with Crippen LogP contribution in [0.4, 0.5) is 0 Å². The summed E-state index contributed by atoms with van der Waals surface area (Å²) in [4.78, 5) is 12.2. The largest absolute Gasteiger partial charge is 0.347 e. The fourth-order valence-corrected chi connectivity index (χ4v) is 3.40. The lowest BCUT2D eigenvalue weighted by Crippen LogP contribution is -2.50. The van der Waals surface area contributed by atoms with Crippen molar-refractivity contribution in [3.8, 4) is 0 Å². The van der Waals surface area contributed by atoms with Gasteiger partial charge in [0.1, 0.15) is 0 Å². The van der Waals surface area contributed by atoms with Gasteiger partial charge in [-0.1, -0.05) is 30.3 Å². The maximum Gasteiger partial charge on any atom is 0.220 e. The van der Waals surface area contributed by atoms with E-state index in [-0.39, 0.29) is 11.4 Å². The van der Waals surface area contributed by atoms with E-state index in [0.717, 1.165) is 32.4 Å². The lowest BCUT2D eigenvalue weighted by atomic mass is 9.71. The van der Waals surface area contributed by atoms with Crippen LogP contribution in [-0.2, 0) is 10.3 Å². The molecular weight excluding hydrogens is 248 g/mol. The Labute approximate surface area is 121 Å². The minimum Gasteiger partial charge on any atom is -0.347 e. The summed E-state index contributed by atoms with van der Waals surface area (Å²) in [5.41, 5.74) is 1.19. The summed E-state index contributed by atoms with van der Waals surface area (Å²) in [5.74, 6) is 0.912. The van der Waals surface area contributed by atoms with E-state index < -0.39 is 0 Å². The molecule has 1 saturated heterocycles. The van der Waals surface area contributed by atoms with E-state index in [1.165, 1.54) is 18.4 Å². The summed E-state index contributed by atoms with van der Waals surface area (Å²) in [5, 5.41) is 6.67.